The lowest BCUT2D eigenvalue weighted by Gasteiger charge is -2.34. The van der Waals surface area contributed by atoms with Crippen molar-refractivity contribution in [2.75, 3.05) is 39.3 Å². The number of rotatable bonds is 6. The van der Waals surface area contributed by atoms with Crippen LogP contribution in [0.15, 0.2) is 24.3 Å². The minimum atomic E-state index is -0.343. The van der Waals surface area contributed by atoms with Crippen molar-refractivity contribution in [3.63, 3.8) is 0 Å². The van der Waals surface area contributed by atoms with E-state index in [1.54, 1.807) is 0 Å². The summed E-state index contributed by atoms with van der Waals surface area (Å²) in [5.74, 6) is 0.948. The maximum Gasteiger partial charge on any atom is 0.254 e. The fourth-order valence-electron chi connectivity index (χ4n) is 6.32. The third kappa shape index (κ3) is 5.49. The first kappa shape index (κ1) is 23.8. The average Bonchev–Trinajstić information content (AvgIpc) is 3.66. The lowest BCUT2D eigenvalue weighted by molar-refractivity contribution is -0.135. The molecule has 6 heteroatoms. The summed E-state index contributed by atoms with van der Waals surface area (Å²) < 4.78 is 0. The molecule has 4 aliphatic rings. The van der Waals surface area contributed by atoms with Crippen LogP contribution >= 0.6 is 0 Å². The molecule has 6 nitrogen and oxygen atoms in total. The first-order valence-electron chi connectivity index (χ1n) is 13.7. The molecule has 2 saturated carbocycles. The van der Waals surface area contributed by atoms with Crippen LogP contribution < -0.4 is 5.32 Å². The first-order chi connectivity index (χ1) is 16.6. The number of amides is 2. The minimum Gasteiger partial charge on any atom is -0.340 e. The van der Waals surface area contributed by atoms with Gasteiger partial charge in [-0.1, -0.05) is 37.0 Å². The zero-order valence-electron chi connectivity index (χ0n) is 20.9. The molecule has 34 heavy (non-hydrogen) atoms. The Hall–Kier alpha value is -1.92. The zero-order valence-corrected chi connectivity index (χ0v) is 20.9. The van der Waals surface area contributed by atoms with E-state index in [1.807, 2.05) is 41.0 Å². The summed E-state index contributed by atoms with van der Waals surface area (Å²) in [4.78, 5) is 34.1. The molecular formula is C28H42N4O2. The second-order valence-corrected chi connectivity index (χ2v) is 11.1. The minimum absolute atomic E-state index is 0.0159. The molecule has 0 aromatic heterocycles. The van der Waals surface area contributed by atoms with Gasteiger partial charge in [0.1, 0.15) is 6.04 Å². The van der Waals surface area contributed by atoms with Crippen molar-refractivity contribution in [2.24, 2.45) is 5.92 Å². The number of nitrogens with zero attached hydrogens (tertiary/aromatic N) is 3. The number of hydrogen-bond acceptors (Lipinski definition) is 4. The molecule has 1 aromatic carbocycles. The van der Waals surface area contributed by atoms with Gasteiger partial charge in [0.2, 0.25) is 5.91 Å². The van der Waals surface area contributed by atoms with Crippen LogP contribution in [0.1, 0.15) is 73.7 Å². The van der Waals surface area contributed by atoms with Crippen LogP contribution in [0.4, 0.5) is 0 Å². The predicted molar refractivity (Wildman–Crippen MR) is 135 cm³/mol. The Balaban J connectivity index is 1.36. The highest BCUT2D eigenvalue weighted by molar-refractivity contribution is 5.98. The normalized spacial score (nSPS) is 26.6. The second-order valence-electron chi connectivity index (χ2n) is 11.1. The van der Waals surface area contributed by atoms with E-state index in [0.717, 1.165) is 57.0 Å². The Bertz CT molecular complexity index is 838. The molecule has 1 aromatic rings. The van der Waals surface area contributed by atoms with Crippen molar-refractivity contribution >= 4 is 11.8 Å². The molecule has 1 N–H and O–H groups in total. The van der Waals surface area contributed by atoms with E-state index in [2.05, 4.69) is 10.2 Å². The lowest BCUT2D eigenvalue weighted by Crippen LogP contribution is -2.48. The zero-order chi connectivity index (χ0) is 23.5. The molecule has 4 fully saturated rings. The summed E-state index contributed by atoms with van der Waals surface area (Å²) in [7, 11) is 0. The average molecular weight is 467 g/mol. The molecule has 2 unspecified atom stereocenters. The molecule has 2 aliphatic heterocycles. The summed E-state index contributed by atoms with van der Waals surface area (Å²) in [6, 6.07) is 8.44. The van der Waals surface area contributed by atoms with E-state index >= 15 is 0 Å². The Labute approximate surface area is 205 Å². The highest BCUT2D eigenvalue weighted by Gasteiger charge is 2.46. The van der Waals surface area contributed by atoms with E-state index in [0.29, 0.717) is 24.2 Å². The summed E-state index contributed by atoms with van der Waals surface area (Å²) in [5.41, 5.74) is 1.85. The van der Waals surface area contributed by atoms with Crippen LogP contribution in [0.2, 0.25) is 0 Å². The summed E-state index contributed by atoms with van der Waals surface area (Å²) in [5, 5.41) is 3.40. The molecule has 0 bridgehead atoms. The van der Waals surface area contributed by atoms with Gasteiger partial charge in [-0.05, 0) is 70.0 Å². The van der Waals surface area contributed by atoms with E-state index in [4.69, 9.17) is 0 Å². The van der Waals surface area contributed by atoms with Crippen molar-refractivity contribution in [1.29, 1.82) is 0 Å². The van der Waals surface area contributed by atoms with E-state index in [9.17, 15) is 9.59 Å². The van der Waals surface area contributed by atoms with Crippen LogP contribution in [-0.2, 0) is 4.79 Å². The molecule has 2 atom stereocenters. The van der Waals surface area contributed by atoms with Gasteiger partial charge in [0.25, 0.3) is 5.91 Å². The number of benzene rings is 1. The Morgan fingerprint density at radius 1 is 0.941 bits per heavy atom. The number of nitrogens with one attached hydrogen (secondary N) is 1. The number of likely N-dealkylation sites (tertiary alicyclic amines) is 1. The van der Waals surface area contributed by atoms with Gasteiger partial charge >= 0.3 is 0 Å². The smallest absolute Gasteiger partial charge is 0.254 e. The van der Waals surface area contributed by atoms with Gasteiger partial charge in [-0.15, -0.1) is 0 Å². The predicted octanol–water partition coefficient (Wildman–Crippen LogP) is 3.44. The maximum atomic E-state index is 13.8. The van der Waals surface area contributed by atoms with Crippen LogP contribution in [0, 0.1) is 12.8 Å². The van der Waals surface area contributed by atoms with Gasteiger partial charge in [-0.25, -0.2) is 0 Å². The fraction of sp³-hybridized carbons (Fsp3) is 0.714. The fourth-order valence-corrected chi connectivity index (χ4v) is 6.32. The Morgan fingerprint density at radius 2 is 1.71 bits per heavy atom. The summed E-state index contributed by atoms with van der Waals surface area (Å²) in [6.45, 7) is 7.19. The van der Waals surface area contributed by atoms with Crippen molar-refractivity contribution in [3.8, 4) is 0 Å². The maximum absolute atomic E-state index is 13.8. The van der Waals surface area contributed by atoms with E-state index in [1.165, 1.54) is 44.9 Å². The second kappa shape index (κ2) is 10.8. The lowest BCUT2D eigenvalue weighted by atomic mass is 9.88. The standard InChI is InChI=1S/C28H42N4O2/c1-21-8-10-23(11-9-21)27(33)32-20-25(18-26(32)28(34)30-16-5-14-29-15-17-30)31(24-12-13-24)19-22-6-3-2-4-7-22/h8-11,22,24-26,29H,2-7,12-20H2,1H3. The quantitative estimate of drug-likeness (QED) is 0.698. The Morgan fingerprint density at radius 3 is 2.44 bits per heavy atom. The van der Waals surface area contributed by atoms with Gasteiger partial charge in [-0.3, -0.25) is 14.5 Å². The van der Waals surface area contributed by atoms with Crippen LogP contribution in [0.5, 0.6) is 0 Å². The van der Waals surface area contributed by atoms with Crippen LogP contribution in [0.3, 0.4) is 0 Å². The monoisotopic (exact) mass is 466 g/mol. The summed E-state index contributed by atoms with van der Waals surface area (Å²) in [6.07, 6.45) is 11.1. The number of carbonyl (C=O) groups is 2. The highest BCUT2D eigenvalue weighted by Crippen LogP contribution is 2.37. The molecule has 5 rings (SSSR count). The van der Waals surface area contributed by atoms with E-state index in [-0.39, 0.29) is 17.9 Å². The molecule has 186 valence electrons. The molecule has 2 saturated heterocycles. The molecule has 0 spiro atoms. The highest BCUT2D eigenvalue weighted by atomic mass is 16.2. The van der Waals surface area contributed by atoms with Gasteiger partial charge in [0.05, 0.1) is 0 Å². The van der Waals surface area contributed by atoms with Crippen molar-refractivity contribution < 1.29 is 9.59 Å². The molecule has 2 heterocycles. The molecule has 2 aliphatic carbocycles. The number of hydrogen-bond donors (Lipinski definition) is 1. The van der Waals surface area contributed by atoms with Crippen LogP contribution in [0.25, 0.3) is 0 Å². The van der Waals surface area contributed by atoms with Crippen LogP contribution in [-0.4, -0.2) is 83.9 Å². The molecule has 0 radical (unpaired) electrons. The largest absolute Gasteiger partial charge is 0.340 e. The van der Waals surface area contributed by atoms with Gasteiger partial charge in [0, 0.05) is 50.4 Å². The summed E-state index contributed by atoms with van der Waals surface area (Å²) >= 11 is 0. The SMILES string of the molecule is Cc1ccc(C(=O)N2CC(N(CC3CCCCC3)C3CC3)CC2C(=O)N2CCCNCC2)cc1. The van der Waals surface area contributed by atoms with Gasteiger partial charge < -0.3 is 15.1 Å². The van der Waals surface area contributed by atoms with Crippen molar-refractivity contribution in [2.45, 2.75) is 82.8 Å². The van der Waals surface area contributed by atoms with Gasteiger partial charge in [-0.2, -0.15) is 0 Å². The third-order valence-corrected chi connectivity index (χ3v) is 8.45. The third-order valence-electron chi connectivity index (χ3n) is 8.45. The topological polar surface area (TPSA) is 55.9 Å². The van der Waals surface area contributed by atoms with Gasteiger partial charge in [0.15, 0.2) is 0 Å². The first-order valence-corrected chi connectivity index (χ1v) is 13.7. The van der Waals surface area contributed by atoms with Crippen molar-refractivity contribution in [3.05, 3.63) is 35.4 Å². The van der Waals surface area contributed by atoms with Crippen molar-refractivity contribution in [1.82, 2.24) is 20.0 Å². The Kier molecular flexibility index (Phi) is 7.55. The molecular weight excluding hydrogens is 424 g/mol. The number of carbonyl (C=O) groups excluding carboxylic acids is 2. The number of aryl methyl sites for hydroxylation is 1. The molecule has 2 amide bonds. The van der Waals surface area contributed by atoms with E-state index < -0.39 is 0 Å².